The Balaban J connectivity index is 1.37. The molecular formula is C35H38N2O20. The summed E-state index contributed by atoms with van der Waals surface area (Å²) in [5.74, 6) is -9.67. The minimum Gasteiger partial charge on any atom is -0.507 e. The number of aromatic hydroxyl groups is 3. The van der Waals surface area contributed by atoms with Crippen molar-refractivity contribution in [2.24, 2.45) is 5.73 Å². The van der Waals surface area contributed by atoms with Gasteiger partial charge in [-0.25, -0.2) is 9.59 Å². The van der Waals surface area contributed by atoms with E-state index in [0.29, 0.717) is 5.57 Å². The summed E-state index contributed by atoms with van der Waals surface area (Å²) in [5, 5.41) is 126. The van der Waals surface area contributed by atoms with Gasteiger partial charge < -0.3 is 95.7 Å². The van der Waals surface area contributed by atoms with Crippen LogP contribution < -0.4 is 21.2 Å². The Kier molecular flexibility index (Phi) is 11.5. The van der Waals surface area contributed by atoms with E-state index in [4.69, 9.17) is 29.1 Å². The van der Waals surface area contributed by atoms with Crippen LogP contribution in [0.1, 0.15) is 11.1 Å². The van der Waals surface area contributed by atoms with Gasteiger partial charge in [-0.15, -0.1) is 0 Å². The largest absolute Gasteiger partial charge is 0.507 e. The quantitative estimate of drug-likeness (QED) is 0.0526. The van der Waals surface area contributed by atoms with E-state index in [-0.39, 0.29) is 52.0 Å². The molecule has 0 saturated carbocycles. The predicted octanol–water partition coefficient (Wildman–Crippen LogP) is -4.08. The lowest BCUT2D eigenvalue weighted by atomic mass is 9.94. The van der Waals surface area contributed by atoms with Crippen molar-refractivity contribution in [1.82, 2.24) is 5.32 Å². The van der Waals surface area contributed by atoms with Crippen LogP contribution in [0, 0.1) is 0 Å². The van der Waals surface area contributed by atoms with E-state index in [2.05, 4.69) is 5.32 Å². The van der Waals surface area contributed by atoms with Gasteiger partial charge in [0.2, 0.25) is 24.5 Å². The van der Waals surface area contributed by atoms with Gasteiger partial charge in [-0.3, -0.25) is 4.79 Å². The highest BCUT2D eigenvalue weighted by Gasteiger charge is 2.59. The summed E-state index contributed by atoms with van der Waals surface area (Å²) in [6.07, 6.45) is -17.5. The first-order chi connectivity index (χ1) is 26.8. The zero-order chi connectivity index (χ0) is 41.7. The van der Waals surface area contributed by atoms with Gasteiger partial charge in [-0.05, 0) is 30.2 Å². The molecule has 22 nitrogen and oxygen atoms in total. The third kappa shape index (κ3) is 7.83. The summed E-state index contributed by atoms with van der Waals surface area (Å²) in [7, 11) is 0. The number of fused-ring (bicyclic) bond motifs is 1. The molecule has 2 aromatic carbocycles. The molecule has 15 N–H and O–H groups in total. The second-order valence-electron chi connectivity index (χ2n) is 13.4. The van der Waals surface area contributed by atoms with E-state index in [1.807, 2.05) is 0 Å². The molecular weight excluding hydrogens is 768 g/mol. The van der Waals surface area contributed by atoms with Gasteiger partial charge in [0.05, 0.1) is 6.17 Å². The number of allylic oxidation sites excluding steroid dienone is 2. The Morgan fingerprint density at radius 3 is 2.28 bits per heavy atom. The van der Waals surface area contributed by atoms with Crippen LogP contribution in [0.3, 0.4) is 0 Å². The number of phenolic OH excluding ortho intramolecular Hbond substituents is 3. The fraction of sp³-hybridized carbons (Fsp3) is 0.400. The number of carbonyl (C=O) groups is 2. The molecule has 1 aromatic heterocycles. The topological polar surface area (TPSA) is 382 Å². The van der Waals surface area contributed by atoms with Crippen LogP contribution in [0.5, 0.6) is 23.0 Å². The summed E-state index contributed by atoms with van der Waals surface area (Å²) >= 11 is 0. The minimum absolute atomic E-state index is 0.0705. The summed E-state index contributed by atoms with van der Waals surface area (Å²) in [5.41, 5.74) is 5.20. The second kappa shape index (κ2) is 15.9. The van der Waals surface area contributed by atoms with Crippen LogP contribution in [0.4, 0.5) is 0 Å². The molecule has 308 valence electrons. The Hall–Kier alpha value is -5.37. The highest BCUT2D eigenvalue weighted by molar-refractivity contribution is 5.88. The minimum atomic E-state index is -3.54. The molecule has 0 bridgehead atoms. The van der Waals surface area contributed by atoms with Gasteiger partial charge in [0.1, 0.15) is 58.7 Å². The van der Waals surface area contributed by atoms with Crippen LogP contribution in [-0.2, 0) is 36.6 Å². The molecule has 0 amide bonds. The van der Waals surface area contributed by atoms with Gasteiger partial charge in [-0.2, -0.15) is 0 Å². The molecule has 3 aliphatic heterocycles. The smallest absolute Gasteiger partial charge is 0.340 e. The third-order valence-electron chi connectivity index (χ3n) is 9.45. The van der Waals surface area contributed by atoms with Crippen molar-refractivity contribution in [1.29, 1.82) is 0 Å². The molecule has 2 fully saturated rings. The van der Waals surface area contributed by atoms with Gasteiger partial charge in [0, 0.05) is 48.1 Å². The van der Waals surface area contributed by atoms with E-state index in [9.17, 15) is 75.7 Å². The second-order valence-corrected chi connectivity index (χ2v) is 13.4. The first-order valence-electron chi connectivity index (χ1n) is 17.0. The van der Waals surface area contributed by atoms with Crippen LogP contribution in [0.15, 0.2) is 57.4 Å². The van der Waals surface area contributed by atoms with Gasteiger partial charge in [-0.1, -0.05) is 6.08 Å². The van der Waals surface area contributed by atoms with Crippen molar-refractivity contribution in [3.05, 3.63) is 69.5 Å². The average molecular weight is 807 g/mol. The number of hydrogen-bond donors (Lipinski definition) is 14. The molecule has 3 aliphatic rings. The SMILES string of the molecule is NC1C=CC(Cc2c(O[C@H]3O[C@H](C(=O)O[C@H]4O[C@H](C(=O)O)C(O)(O)[C@H](O)[C@H]4O)[C@@H](O)[C@H](O)[C@H]3O)cc3oc(-c4cc(O)c(O)c(CCO)c4)cc(=O)c3c2O)=CN1. The number of aliphatic hydroxyl groups is 8. The third-order valence-corrected chi connectivity index (χ3v) is 9.45. The molecule has 22 heteroatoms. The number of aliphatic hydroxyl groups excluding tert-OH is 6. The number of aliphatic carboxylic acids is 1. The van der Waals surface area contributed by atoms with Crippen LogP contribution in [0.2, 0.25) is 0 Å². The number of phenols is 3. The fourth-order valence-corrected chi connectivity index (χ4v) is 6.37. The van der Waals surface area contributed by atoms with Crippen LogP contribution >= 0.6 is 0 Å². The first kappa shape index (κ1) is 41.3. The molecule has 10 atom stereocenters. The Morgan fingerprint density at radius 1 is 0.912 bits per heavy atom. The molecule has 0 spiro atoms. The number of rotatable bonds is 10. The molecule has 3 aromatic rings. The number of nitrogens with two attached hydrogens (primary N) is 1. The number of nitrogens with one attached hydrogen (secondary N) is 1. The summed E-state index contributed by atoms with van der Waals surface area (Å²) in [6.45, 7) is -0.402. The molecule has 1 unspecified atom stereocenters. The lowest BCUT2D eigenvalue weighted by Gasteiger charge is -2.43. The summed E-state index contributed by atoms with van der Waals surface area (Å²) in [6, 6.07) is 4.50. The zero-order valence-electron chi connectivity index (χ0n) is 29.1. The number of ether oxygens (including phenoxy) is 4. The first-order valence-corrected chi connectivity index (χ1v) is 17.0. The average Bonchev–Trinajstić information content (AvgIpc) is 3.15. The molecule has 6 rings (SSSR count). The predicted molar refractivity (Wildman–Crippen MR) is 185 cm³/mol. The van der Waals surface area contributed by atoms with Crippen LogP contribution in [0.25, 0.3) is 22.3 Å². The number of hydrogen-bond acceptors (Lipinski definition) is 21. The lowest BCUT2D eigenvalue weighted by molar-refractivity contribution is -0.372. The van der Waals surface area contributed by atoms with Crippen molar-refractivity contribution in [3.8, 4) is 34.3 Å². The van der Waals surface area contributed by atoms with E-state index in [1.165, 1.54) is 12.3 Å². The summed E-state index contributed by atoms with van der Waals surface area (Å²) in [4.78, 5) is 38.3. The van der Waals surface area contributed by atoms with Crippen LogP contribution in [-0.4, -0.2) is 147 Å². The number of carboxylic acid groups (broad SMARTS) is 1. The molecule has 4 heterocycles. The number of carbonyl (C=O) groups excluding carboxylic acids is 1. The maximum atomic E-state index is 13.5. The molecule has 2 saturated heterocycles. The van der Waals surface area contributed by atoms with Crippen molar-refractivity contribution in [2.45, 2.75) is 80.1 Å². The van der Waals surface area contributed by atoms with Gasteiger partial charge in [0.15, 0.2) is 23.0 Å². The molecule has 57 heavy (non-hydrogen) atoms. The van der Waals surface area contributed by atoms with Crippen molar-refractivity contribution in [3.63, 3.8) is 0 Å². The van der Waals surface area contributed by atoms with E-state index < -0.39 is 108 Å². The standard InChI is InChI=1S/C35H38N2O20/c36-20-2-1-11(10-37-20)5-14-18(9-19-21(23(14)42)15(39)8-17(53-19)13-6-12(3-4-38)22(41)16(40)7-13)54-33-26(45)24(43)25(44)28(55-33)32(50)57-34-27(46)29(47)35(51,52)30(56-34)31(48)49/h1-2,6-10,20,24-30,33-34,37-38,40-47,51-52H,3-5,36H2,(H,48,49)/t20?,24-,25-,26+,27+,28-,29+,30+,33-,34+/m0/s1. The number of esters is 1. The highest BCUT2D eigenvalue weighted by Crippen LogP contribution is 2.41. The van der Waals surface area contributed by atoms with E-state index in [1.54, 1.807) is 12.2 Å². The maximum Gasteiger partial charge on any atom is 0.340 e. The fourth-order valence-electron chi connectivity index (χ4n) is 6.37. The Bertz CT molecular complexity index is 2170. The van der Waals surface area contributed by atoms with Gasteiger partial charge >= 0.3 is 11.9 Å². The molecule has 0 aliphatic carbocycles. The number of carboxylic acids is 1. The van der Waals surface area contributed by atoms with E-state index >= 15 is 0 Å². The summed E-state index contributed by atoms with van der Waals surface area (Å²) < 4.78 is 27.0. The van der Waals surface area contributed by atoms with Crippen molar-refractivity contribution >= 4 is 22.9 Å². The number of benzene rings is 2. The lowest BCUT2D eigenvalue weighted by Crippen LogP contribution is -2.69. The van der Waals surface area contributed by atoms with Gasteiger partial charge in [0.25, 0.3) is 0 Å². The van der Waals surface area contributed by atoms with Crippen molar-refractivity contribution < 1.29 is 94.2 Å². The zero-order valence-corrected chi connectivity index (χ0v) is 29.1. The normalized spacial score (nSPS) is 29.7. The van der Waals surface area contributed by atoms with Crippen molar-refractivity contribution in [2.75, 3.05) is 6.61 Å². The number of dihydropyridines is 1. The highest BCUT2D eigenvalue weighted by atomic mass is 16.8. The Labute approximate surface area is 318 Å². The maximum absolute atomic E-state index is 13.5. The Morgan fingerprint density at radius 2 is 1.63 bits per heavy atom. The van der Waals surface area contributed by atoms with E-state index in [0.717, 1.165) is 18.2 Å². The molecule has 0 radical (unpaired) electrons. The monoisotopic (exact) mass is 806 g/mol.